The van der Waals surface area contributed by atoms with E-state index in [0.29, 0.717) is 12.0 Å². The first-order valence-electron chi connectivity index (χ1n) is 5.27. The molecular weight excluding hydrogens is 164 g/mol. The van der Waals surface area contributed by atoms with Gasteiger partial charge in [-0.1, -0.05) is 26.2 Å². The molecule has 0 spiro atoms. The number of carbonyl (C=O) groups excluding carboxylic acids is 1. The molecule has 3 N–H and O–H groups in total. The van der Waals surface area contributed by atoms with Crippen molar-refractivity contribution in [2.45, 2.75) is 45.1 Å². The molecule has 2 atom stereocenters. The first kappa shape index (κ1) is 10.5. The molecule has 0 aromatic rings. The normalized spacial score (nSPS) is 28.5. The third-order valence-electron chi connectivity index (χ3n) is 2.97. The van der Waals surface area contributed by atoms with Crippen molar-refractivity contribution in [2.24, 2.45) is 11.7 Å². The van der Waals surface area contributed by atoms with Crippen LogP contribution < -0.4 is 11.1 Å². The summed E-state index contributed by atoms with van der Waals surface area (Å²) >= 11 is 0. The molecular formula is C10H20N2O. The third-order valence-corrected chi connectivity index (χ3v) is 2.97. The van der Waals surface area contributed by atoms with Crippen molar-refractivity contribution in [1.29, 1.82) is 0 Å². The molecule has 1 fully saturated rings. The summed E-state index contributed by atoms with van der Waals surface area (Å²) in [4.78, 5) is 11.1. The lowest BCUT2D eigenvalue weighted by Crippen LogP contribution is -2.44. The topological polar surface area (TPSA) is 55.1 Å². The summed E-state index contributed by atoms with van der Waals surface area (Å²) in [5.41, 5.74) is 5.26. The highest BCUT2D eigenvalue weighted by Gasteiger charge is 2.24. The van der Waals surface area contributed by atoms with E-state index in [2.05, 4.69) is 12.2 Å². The third kappa shape index (κ3) is 2.99. The Balaban J connectivity index is 2.40. The van der Waals surface area contributed by atoms with E-state index in [1.807, 2.05) is 0 Å². The number of hydrogen-bond donors (Lipinski definition) is 2. The summed E-state index contributed by atoms with van der Waals surface area (Å²) in [5.74, 6) is 0.662. The minimum absolute atomic E-state index is 0.00894. The largest absolute Gasteiger partial charge is 0.352 e. The highest BCUT2D eigenvalue weighted by Crippen LogP contribution is 2.26. The maximum atomic E-state index is 11.1. The van der Waals surface area contributed by atoms with Gasteiger partial charge in [0.2, 0.25) is 5.91 Å². The Morgan fingerprint density at radius 2 is 2.15 bits per heavy atom. The number of carbonyl (C=O) groups is 1. The fourth-order valence-electron chi connectivity index (χ4n) is 2.15. The zero-order valence-corrected chi connectivity index (χ0v) is 8.38. The molecule has 0 saturated heterocycles. The van der Waals surface area contributed by atoms with E-state index in [1.54, 1.807) is 0 Å². The lowest BCUT2D eigenvalue weighted by atomic mass is 9.83. The molecule has 1 saturated carbocycles. The minimum Gasteiger partial charge on any atom is -0.352 e. The van der Waals surface area contributed by atoms with Gasteiger partial charge in [-0.15, -0.1) is 0 Å². The molecule has 76 valence electrons. The van der Waals surface area contributed by atoms with Crippen molar-refractivity contribution < 1.29 is 4.79 Å². The summed E-state index contributed by atoms with van der Waals surface area (Å²) in [7, 11) is 0. The summed E-state index contributed by atoms with van der Waals surface area (Å²) in [6, 6.07) is 0.384. The smallest absolute Gasteiger partial charge is 0.233 e. The Kier molecular flexibility index (Phi) is 4.22. The number of nitrogens with one attached hydrogen (secondary N) is 1. The van der Waals surface area contributed by atoms with Gasteiger partial charge in [-0.25, -0.2) is 0 Å². The first-order valence-corrected chi connectivity index (χ1v) is 5.27. The van der Waals surface area contributed by atoms with Crippen LogP contribution in [0, 0.1) is 5.92 Å². The highest BCUT2D eigenvalue weighted by molar-refractivity contribution is 5.78. The molecule has 0 bridgehead atoms. The van der Waals surface area contributed by atoms with Crippen LogP contribution in [0.5, 0.6) is 0 Å². The molecule has 0 heterocycles. The molecule has 0 radical (unpaired) electrons. The Hall–Kier alpha value is -0.570. The fraction of sp³-hybridized carbons (Fsp3) is 0.900. The highest BCUT2D eigenvalue weighted by atomic mass is 16.1. The van der Waals surface area contributed by atoms with Gasteiger partial charge in [0.05, 0.1) is 6.54 Å². The standard InChI is InChI=1S/C10H20N2O/c1-2-8-5-3-4-6-9(8)12-10(13)7-11/h8-9H,2-7,11H2,1H3,(H,12,13). The first-order chi connectivity index (χ1) is 6.27. The molecule has 1 aliphatic rings. The molecule has 3 heteroatoms. The number of hydrogen-bond acceptors (Lipinski definition) is 2. The zero-order valence-electron chi connectivity index (χ0n) is 8.38. The van der Waals surface area contributed by atoms with Crippen LogP contribution in [-0.2, 0) is 4.79 Å². The van der Waals surface area contributed by atoms with Crippen molar-refractivity contribution in [3.63, 3.8) is 0 Å². The van der Waals surface area contributed by atoms with Crippen LogP contribution in [0.15, 0.2) is 0 Å². The van der Waals surface area contributed by atoms with E-state index >= 15 is 0 Å². The molecule has 1 amide bonds. The minimum atomic E-state index is -0.00894. The van der Waals surface area contributed by atoms with Gasteiger partial charge in [-0.05, 0) is 18.8 Å². The van der Waals surface area contributed by atoms with E-state index in [-0.39, 0.29) is 12.5 Å². The van der Waals surface area contributed by atoms with E-state index in [0.717, 1.165) is 12.8 Å². The van der Waals surface area contributed by atoms with Gasteiger partial charge in [0.25, 0.3) is 0 Å². The molecule has 1 aliphatic carbocycles. The van der Waals surface area contributed by atoms with Crippen LogP contribution in [0.1, 0.15) is 39.0 Å². The second-order valence-corrected chi connectivity index (χ2v) is 3.83. The quantitative estimate of drug-likeness (QED) is 0.688. The van der Waals surface area contributed by atoms with Crippen LogP contribution in [0.25, 0.3) is 0 Å². The second-order valence-electron chi connectivity index (χ2n) is 3.83. The molecule has 2 unspecified atom stereocenters. The van der Waals surface area contributed by atoms with Crippen LogP contribution in [0.4, 0.5) is 0 Å². The maximum Gasteiger partial charge on any atom is 0.233 e. The fourth-order valence-corrected chi connectivity index (χ4v) is 2.15. The van der Waals surface area contributed by atoms with Gasteiger partial charge in [0, 0.05) is 6.04 Å². The molecule has 0 aliphatic heterocycles. The predicted octanol–water partition coefficient (Wildman–Crippen LogP) is 1.03. The van der Waals surface area contributed by atoms with Gasteiger partial charge < -0.3 is 11.1 Å². The van der Waals surface area contributed by atoms with Crippen molar-refractivity contribution in [1.82, 2.24) is 5.32 Å². The van der Waals surface area contributed by atoms with E-state index < -0.39 is 0 Å². The van der Waals surface area contributed by atoms with Crippen molar-refractivity contribution in [2.75, 3.05) is 6.54 Å². The molecule has 1 rings (SSSR count). The van der Waals surface area contributed by atoms with Gasteiger partial charge in [-0.2, -0.15) is 0 Å². The van der Waals surface area contributed by atoms with Crippen molar-refractivity contribution in [3.05, 3.63) is 0 Å². The average molecular weight is 184 g/mol. The Morgan fingerprint density at radius 1 is 1.46 bits per heavy atom. The Labute approximate surface area is 80.1 Å². The average Bonchev–Trinajstić information content (AvgIpc) is 2.18. The number of amides is 1. The van der Waals surface area contributed by atoms with Gasteiger partial charge in [-0.3, -0.25) is 4.79 Å². The lowest BCUT2D eigenvalue weighted by molar-refractivity contribution is -0.121. The van der Waals surface area contributed by atoms with Crippen LogP contribution in [0.2, 0.25) is 0 Å². The molecule has 13 heavy (non-hydrogen) atoms. The summed E-state index contributed by atoms with van der Waals surface area (Å²) < 4.78 is 0. The van der Waals surface area contributed by atoms with Gasteiger partial charge in [0.1, 0.15) is 0 Å². The molecule has 0 aromatic carbocycles. The number of nitrogens with two attached hydrogens (primary N) is 1. The van der Waals surface area contributed by atoms with Crippen molar-refractivity contribution >= 4 is 5.91 Å². The SMILES string of the molecule is CCC1CCCCC1NC(=O)CN. The summed E-state index contributed by atoms with van der Waals surface area (Å²) in [6.45, 7) is 2.31. The Bertz CT molecular complexity index is 170. The van der Waals surface area contributed by atoms with Gasteiger partial charge >= 0.3 is 0 Å². The van der Waals surface area contributed by atoms with E-state index in [4.69, 9.17) is 5.73 Å². The van der Waals surface area contributed by atoms with Crippen LogP contribution in [-0.4, -0.2) is 18.5 Å². The predicted molar refractivity (Wildman–Crippen MR) is 53.2 cm³/mol. The monoisotopic (exact) mass is 184 g/mol. The Morgan fingerprint density at radius 3 is 2.77 bits per heavy atom. The van der Waals surface area contributed by atoms with E-state index in [1.165, 1.54) is 19.3 Å². The molecule has 0 aromatic heterocycles. The zero-order chi connectivity index (χ0) is 9.68. The second kappa shape index (κ2) is 5.22. The van der Waals surface area contributed by atoms with Gasteiger partial charge in [0.15, 0.2) is 0 Å². The number of rotatable bonds is 3. The van der Waals surface area contributed by atoms with Crippen LogP contribution in [0.3, 0.4) is 0 Å². The van der Waals surface area contributed by atoms with Crippen LogP contribution >= 0.6 is 0 Å². The summed E-state index contributed by atoms with van der Waals surface area (Å²) in [5, 5.41) is 3.01. The van der Waals surface area contributed by atoms with Crippen molar-refractivity contribution in [3.8, 4) is 0 Å². The van der Waals surface area contributed by atoms with E-state index in [9.17, 15) is 4.79 Å². The molecule has 3 nitrogen and oxygen atoms in total. The lowest BCUT2D eigenvalue weighted by Gasteiger charge is -2.31. The summed E-state index contributed by atoms with van der Waals surface area (Å²) in [6.07, 6.45) is 6.10. The maximum absolute atomic E-state index is 11.1.